The van der Waals surface area contributed by atoms with E-state index in [0.717, 1.165) is 51.6 Å². The quantitative estimate of drug-likeness (QED) is 0.541. The molecule has 0 unspecified atom stereocenters. The van der Waals surface area contributed by atoms with E-state index in [1.54, 1.807) is 0 Å². The van der Waals surface area contributed by atoms with Crippen molar-refractivity contribution >= 4 is 11.8 Å². The number of carbonyl (C=O) groups is 2. The molecule has 0 radical (unpaired) electrons. The van der Waals surface area contributed by atoms with Crippen LogP contribution in [0.4, 0.5) is 0 Å². The Morgan fingerprint density at radius 3 is 2.05 bits per heavy atom. The first-order chi connectivity index (χ1) is 9.56. The number of amides is 2. The highest BCUT2D eigenvalue weighted by molar-refractivity contribution is 5.76. The fourth-order valence-electron chi connectivity index (χ4n) is 1.96. The summed E-state index contributed by atoms with van der Waals surface area (Å²) in [5.74, 6) is 0.994. The minimum Gasteiger partial charge on any atom is -0.356 e. The van der Waals surface area contributed by atoms with Gasteiger partial charge in [0.1, 0.15) is 0 Å². The summed E-state index contributed by atoms with van der Waals surface area (Å²) >= 11 is 0. The van der Waals surface area contributed by atoms with Gasteiger partial charge in [0.15, 0.2) is 0 Å². The minimum atomic E-state index is 0.135. The topological polar surface area (TPSA) is 58.2 Å². The lowest BCUT2D eigenvalue weighted by Gasteiger charge is -2.07. The molecular formula is C16H32N2O2. The molecule has 4 nitrogen and oxygen atoms in total. The second kappa shape index (κ2) is 12.9. The molecule has 0 aliphatic carbocycles. The molecule has 4 heteroatoms. The highest BCUT2D eigenvalue weighted by Crippen LogP contribution is 2.02. The first-order valence-electron chi connectivity index (χ1n) is 8.09. The van der Waals surface area contributed by atoms with Crippen molar-refractivity contribution in [1.82, 2.24) is 10.6 Å². The van der Waals surface area contributed by atoms with E-state index < -0.39 is 0 Å². The predicted molar refractivity (Wildman–Crippen MR) is 83.5 cm³/mol. The number of unbranched alkanes of at least 4 members (excludes halogenated alkanes) is 2. The lowest BCUT2D eigenvalue weighted by Crippen LogP contribution is -2.25. The zero-order valence-electron chi connectivity index (χ0n) is 13.5. The van der Waals surface area contributed by atoms with Crippen molar-refractivity contribution in [1.29, 1.82) is 0 Å². The van der Waals surface area contributed by atoms with Crippen molar-refractivity contribution in [2.24, 2.45) is 5.92 Å². The number of carbonyl (C=O) groups excluding carboxylic acids is 2. The van der Waals surface area contributed by atoms with Crippen LogP contribution in [0, 0.1) is 5.92 Å². The van der Waals surface area contributed by atoms with E-state index in [0.29, 0.717) is 18.8 Å². The molecule has 0 saturated carbocycles. The van der Waals surface area contributed by atoms with Crippen LogP contribution in [0.2, 0.25) is 0 Å². The van der Waals surface area contributed by atoms with Crippen molar-refractivity contribution < 1.29 is 9.59 Å². The summed E-state index contributed by atoms with van der Waals surface area (Å²) in [4.78, 5) is 22.7. The van der Waals surface area contributed by atoms with Gasteiger partial charge in [0, 0.05) is 25.9 Å². The van der Waals surface area contributed by atoms with Crippen LogP contribution in [0.3, 0.4) is 0 Å². The van der Waals surface area contributed by atoms with E-state index in [9.17, 15) is 9.59 Å². The van der Waals surface area contributed by atoms with E-state index in [1.807, 2.05) is 6.92 Å². The first-order valence-corrected chi connectivity index (χ1v) is 8.09. The van der Waals surface area contributed by atoms with Gasteiger partial charge in [-0.15, -0.1) is 0 Å². The predicted octanol–water partition coefficient (Wildman–Crippen LogP) is 3.02. The molecule has 0 aromatic heterocycles. The minimum absolute atomic E-state index is 0.135. The smallest absolute Gasteiger partial charge is 0.219 e. The standard InChI is InChI=1S/C16H32N2O2/c1-4-9-15(19)17-12-7-5-6-11-16(20)18-13-8-10-14(2)3/h14H,4-13H2,1-3H3,(H,17,19)(H,18,20). The van der Waals surface area contributed by atoms with E-state index >= 15 is 0 Å². The molecule has 0 saturated heterocycles. The number of nitrogens with one attached hydrogen (secondary N) is 2. The number of rotatable bonds is 12. The van der Waals surface area contributed by atoms with E-state index in [1.165, 1.54) is 0 Å². The van der Waals surface area contributed by atoms with Crippen LogP contribution in [-0.4, -0.2) is 24.9 Å². The van der Waals surface area contributed by atoms with Crippen molar-refractivity contribution in [3.8, 4) is 0 Å². The molecule has 2 N–H and O–H groups in total. The lowest BCUT2D eigenvalue weighted by molar-refractivity contribution is -0.122. The molecule has 2 amide bonds. The third-order valence-corrected chi connectivity index (χ3v) is 3.16. The monoisotopic (exact) mass is 284 g/mol. The zero-order chi connectivity index (χ0) is 15.2. The maximum Gasteiger partial charge on any atom is 0.219 e. The van der Waals surface area contributed by atoms with Crippen molar-refractivity contribution in [2.45, 2.75) is 72.1 Å². The maximum atomic E-state index is 11.5. The van der Waals surface area contributed by atoms with Gasteiger partial charge in [0.05, 0.1) is 0 Å². The normalized spacial score (nSPS) is 10.6. The maximum absolute atomic E-state index is 11.5. The summed E-state index contributed by atoms with van der Waals surface area (Å²) in [7, 11) is 0. The van der Waals surface area contributed by atoms with Crippen molar-refractivity contribution in [2.75, 3.05) is 13.1 Å². The van der Waals surface area contributed by atoms with Gasteiger partial charge in [0.2, 0.25) is 11.8 Å². The fourth-order valence-corrected chi connectivity index (χ4v) is 1.96. The van der Waals surface area contributed by atoms with Crippen LogP contribution in [0.5, 0.6) is 0 Å². The molecule has 0 aromatic carbocycles. The van der Waals surface area contributed by atoms with Crippen LogP contribution in [0.1, 0.15) is 72.1 Å². The summed E-state index contributed by atoms with van der Waals surface area (Å²) in [6, 6.07) is 0. The zero-order valence-corrected chi connectivity index (χ0v) is 13.5. The second-order valence-corrected chi connectivity index (χ2v) is 5.80. The molecule has 0 bridgehead atoms. The van der Waals surface area contributed by atoms with E-state index in [4.69, 9.17) is 0 Å². The molecule has 20 heavy (non-hydrogen) atoms. The molecule has 0 aliphatic heterocycles. The Hall–Kier alpha value is -1.06. The van der Waals surface area contributed by atoms with Gasteiger partial charge in [-0.2, -0.15) is 0 Å². The Bertz CT molecular complexity index is 265. The molecule has 0 heterocycles. The molecule has 0 rings (SSSR count). The third-order valence-electron chi connectivity index (χ3n) is 3.16. The molecular weight excluding hydrogens is 252 g/mol. The summed E-state index contributed by atoms with van der Waals surface area (Å²) in [6.07, 6.45) is 7.18. The Kier molecular flexibility index (Phi) is 12.3. The largest absolute Gasteiger partial charge is 0.356 e. The van der Waals surface area contributed by atoms with Gasteiger partial charge in [-0.05, 0) is 38.0 Å². The number of hydrogen-bond acceptors (Lipinski definition) is 2. The van der Waals surface area contributed by atoms with Crippen LogP contribution in [0.15, 0.2) is 0 Å². The summed E-state index contributed by atoms with van der Waals surface area (Å²) in [5, 5.41) is 5.84. The van der Waals surface area contributed by atoms with Crippen LogP contribution < -0.4 is 10.6 Å². The summed E-state index contributed by atoms with van der Waals surface area (Å²) in [6.45, 7) is 7.92. The Morgan fingerprint density at radius 2 is 1.45 bits per heavy atom. The summed E-state index contributed by atoms with van der Waals surface area (Å²) < 4.78 is 0. The second-order valence-electron chi connectivity index (χ2n) is 5.80. The average Bonchev–Trinajstić information content (AvgIpc) is 2.39. The van der Waals surface area contributed by atoms with E-state index in [2.05, 4.69) is 24.5 Å². The SMILES string of the molecule is CCCC(=O)NCCCCCC(=O)NCCCC(C)C. The molecule has 0 fully saturated rings. The average molecular weight is 284 g/mol. The van der Waals surface area contributed by atoms with E-state index in [-0.39, 0.29) is 11.8 Å². The highest BCUT2D eigenvalue weighted by atomic mass is 16.2. The first kappa shape index (κ1) is 18.9. The van der Waals surface area contributed by atoms with Gasteiger partial charge in [0.25, 0.3) is 0 Å². The molecule has 118 valence electrons. The summed E-state index contributed by atoms with van der Waals surface area (Å²) in [5.41, 5.74) is 0. The Morgan fingerprint density at radius 1 is 0.850 bits per heavy atom. The van der Waals surface area contributed by atoms with Crippen LogP contribution in [-0.2, 0) is 9.59 Å². The van der Waals surface area contributed by atoms with Gasteiger partial charge in [-0.25, -0.2) is 0 Å². The number of hydrogen-bond donors (Lipinski definition) is 2. The Balaban J connectivity index is 3.29. The van der Waals surface area contributed by atoms with Crippen LogP contribution in [0.25, 0.3) is 0 Å². The van der Waals surface area contributed by atoms with Gasteiger partial charge in [-0.3, -0.25) is 9.59 Å². The Labute approximate surface area is 124 Å². The van der Waals surface area contributed by atoms with Gasteiger partial charge in [-0.1, -0.05) is 27.2 Å². The molecule has 0 spiro atoms. The molecule has 0 aromatic rings. The van der Waals surface area contributed by atoms with Gasteiger partial charge >= 0.3 is 0 Å². The third kappa shape index (κ3) is 13.4. The van der Waals surface area contributed by atoms with Gasteiger partial charge < -0.3 is 10.6 Å². The molecule has 0 aliphatic rings. The van der Waals surface area contributed by atoms with Crippen LogP contribution >= 0.6 is 0 Å². The molecule has 0 atom stereocenters. The lowest BCUT2D eigenvalue weighted by atomic mass is 10.1. The van der Waals surface area contributed by atoms with Crippen molar-refractivity contribution in [3.63, 3.8) is 0 Å². The van der Waals surface area contributed by atoms with Crippen molar-refractivity contribution in [3.05, 3.63) is 0 Å². The fraction of sp³-hybridized carbons (Fsp3) is 0.875. The highest BCUT2D eigenvalue weighted by Gasteiger charge is 2.02.